The van der Waals surface area contributed by atoms with Gasteiger partial charge in [0.25, 0.3) is 5.91 Å². The van der Waals surface area contributed by atoms with E-state index in [0.717, 1.165) is 24.9 Å². The van der Waals surface area contributed by atoms with Gasteiger partial charge >= 0.3 is 0 Å². The molecule has 0 saturated carbocycles. The lowest BCUT2D eigenvalue weighted by molar-refractivity contribution is -0.146. The molecule has 2 aromatic carbocycles. The first kappa shape index (κ1) is 31.8. The Balaban J connectivity index is 1.28. The second kappa shape index (κ2) is 12.6. The Morgan fingerprint density at radius 3 is 2.84 bits per heavy atom. The van der Waals surface area contributed by atoms with Crippen molar-refractivity contribution in [2.24, 2.45) is 5.92 Å². The summed E-state index contributed by atoms with van der Waals surface area (Å²) in [5, 5.41) is 24.2. The average molecular weight is 655 g/mol. The van der Waals surface area contributed by atoms with Crippen LogP contribution in [-0.4, -0.2) is 65.6 Å². The summed E-state index contributed by atoms with van der Waals surface area (Å²) in [6.45, 7) is 6.76. The standard InChI is InChI=1S/C32H40ClFN6O4Si/c1-20-29(45(2,3)34)28(11-14-39-19-24(12-15-41)37-38-39)44-32(20)25-17-22(33)9-10-27(25)40(31(32)43)18-21-6-4-7-23(16-21)36-30(42)26-8-5-13-35-26/h4,6-7,9-10,16-17,19-20,26,28-29,35,41H,5,8,11-15,18H2,1-3H3,(H,36,42)/t20-,26+,28+,29-,32+/m0/s1. The number of ether oxygens (including phenoxy) is 1. The van der Waals surface area contributed by atoms with E-state index in [2.05, 4.69) is 20.9 Å². The lowest BCUT2D eigenvalue weighted by Crippen LogP contribution is -2.45. The first-order valence-corrected chi connectivity index (χ1v) is 19.0. The van der Waals surface area contributed by atoms with E-state index in [-0.39, 0.29) is 31.0 Å². The van der Waals surface area contributed by atoms with E-state index in [1.165, 1.54) is 0 Å². The first-order chi connectivity index (χ1) is 21.5. The summed E-state index contributed by atoms with van der Waals surface area (Å²) in [4.78, 5) is 29.1. The first-order valence-electron chi connectivity index (χ1n) is 15.6. The molecule has 2 fully saturated rings. The smallest absolute Gasteiger partial charge is 0.264 e. The second-order valence-electron chi connectivity index (χ2n) is 12.9. The fourth-order valence-electron chi connectivity index (χ4n) is 7.45. The number of carbonyl (C=O) groups is 2. The number of halogens is 2. The Morgan fingerprint density at radius 2 is 2.11 bits per heavy atom. The van der Waals surface area contributed by atoms with Crippen LogP contribution in [0.5, 0.6) is 0 Å². The van der Waals surface area contributed by atoms with Crippen molar-refractivity contribution >= 4 is 43.2 Å². The molecule has 0 radical (unpaired) electrons. The molecule has 3 aromatic rings. The van der Waals surface area contributed by atoms with Gasteiger partial charge in [0, 0.05) is 53.5 Å². The zero-order valence-corrected chi connectivity index (χ0v) is 27.6. The predicted molar refractivity (Wildman–Crippen MR) is 172 cm³/mol. The minimum atomic E-state index is -3.34. The molecule has 1 aromatic heterocycles. The molecule has 5 atom stereocenters. The van der Waals surface area contributed by atoms with Gasteiger partial charge in [-0.2, -0.15) is 0 Å². The third-order valence-corrected chi connectivity index (χ3v) is 12.1. The Hall–Kier alpha value is -3.16. The molecule has 0 unspecified atom stereocenters. The Labute approximate surface area is 268 Å². The van der Waals surface area contributed by atoms with Crippen molar-refractivity contribution in [1.29, 1.82) is 0 Å². The molecule has 3 aliphatic heterocycles. The fraction of sp³-hybridized carbons (Fsp3) is 0.500. The molecule has 45 heavy (non-hydrogen) atoms. The molecule has 240 valence electrons. The van der Waals surface area contributed by atoms with Crippen LogP contribution in [0.2, 0.25) is 23.7 Å². The lowest BCUT2D eigenvalue weighted by Gasteiger charge is -2.31. The van der Waals surface area contributed by atoms with E-state index in [9.17, 15) is 14.7 Å². The highest BCUT2D eigenvalue weighted by atomic mass is 35.5. The van der Waals surface area contributed by atoms with Gasteiger partial charge in [-0.05, 0) is 74.8 Å². The quantitative estimate of drug-likeness (QED) is 0.216. The maximum Gasteiger partial charge on any atom is 0.264 e. The van der Waals surface area contributed by atoms with Gasteiger partial charge in [0.2, 0.25) is 14.3 Å². The van der Waals surface area contributed by atoms with Crippen molar-refractivity contribution in [2.75, 3.05) is 23.4 Å². The number of fused-ring (bicyclic) bond motifs is 2. The van der Waals surface area contributed by atoms with Crippen LogP contribution in [0.25, 0.3) is 0 Å². The highest BCUT2D eigenvalue weighted by Crippen LogP contribution is 2.60. The number of aryl methyl sites for hydroxylation is 1. The number of aliphatic hydroxyl groups excluding tert-OH is 1. The molecule has 6 rings (SSSR count). The van der Waals surface area contributed by atoms with Crippen LogP contribution >= 0.6 is 11.6 Å². The summed E-state index contributed by atoms with van der Waals surface area (Å²) in [6.07, 6.45) is 3.86. The van der Waals surface area contributed by atoms with E-state index in [1.54, 1.807) is 41.0 Å². The molecule has 1 spiro atoms. The zero-order valence-electron chi connectivity index (χ0n) is 25.8. The van der Waals surface area contributed by atoms with E-state index < -0.39 is 31.6 Å². The number of aliphatic hydroxyl groups is 1. The second-order valence-corrected chi connectivity index (χ2v) is 17.1. The number of nitrogens with zero attached hydrogens (tertiary/aromatic N) is 4. The molecule has 0 aliphatic carbocycles. The number of nitrogens with one attached hydrogen (secondary N) is 2. The number of rotatable bonds is 10. The van der Waals surface area contributed by atoms with Crippen molar-refractivity contribution in [1.82, 2.24) is 20.3 Å². The maximum atomic E-state index is 16.2. The van der Waals surface area contributed by atoms with Gasteiger partial charge in [-0.3, -0.25) is 14.3 Å². The van der Waals surface area contributed by atoms with Gasteiger partial charge < -0.3 is 29.5 Å². The van der Waals surface area contributed by atoms with E-state index >= 15 is 4.11 Å². The average Bonchev–Trinajstić information content (AvgIpc) is 3.77. The van der Waals surface area contributed by atoms with E-state index in [1.807, 2.05) is 37.3 Å². The summed E-state index contributed by atoms with van der Waals surface area (Å²) in [5.74, 6) is -0.762. The fourth-order valence-corrected chi connectivity index (χ4v) is 10.2. The van der Waals surface area contributed by atoms with Gasteiger partial charge in [-0.15, -0.1) is 5.10 Å². The number of benzene rings is 2. The lowest BCUT2D eigenvalue weighted by atomic mass is 9.82. The van der Waals surface area contributed by atoms with Crippen molar-refractivity contribution in [2.45, 2.75) is 82.1 Å². The summed E-state index contributed by atoms with van der Waals surface area (Å²) >= 11 is 6.51. The molecule has 2 amide bonds. The minimum Gasteiger partial charge on any atom is -0.396 e. The Bertz CT molecular complexity index is 1580. The molecule has 3 N–H and O–H groups in total. The zero-order chi connectivity index (χ0) is 31.9. The third-order valence-electron chi connectivity index (χ3n) is 9.43. The van der Waals surface area contributed by atoms with Crippen LogP contribution in [0.1, 0.15) is 43.0 Å². The van der Waals surface area contributed by atoms with Crippen LogP contribution in [0.3, 0.4) is 0 Å². The topological polar surface area (TPSA) is 122 Å². The van der Waals surface area contributed by atoms with Crippen LogP contribution in [0.4, 0.5) is 15.5 Å². The van der Waals surface area contributed by atoms with Gasteiger partial charge in [0.1, 0.15) is 0 Å². The largest absolute Gasteiger partial charge is 0.396 e. The van der Waals surface area contributed by atoms with Gasteiger partial charge in [0.05, 0.1) is 30.1 Å². The van der Waals surface area contributed by atoms with E-state index in [0.29, 0.717) is 47.0 Å². The van der Waals surface area contributed by atoms with Crippen molar-refractivity contribution in [3.63, 3.8) is 0 Å². The third kappa shape index (κ3) is 6.06. The molecular formula is C32H40ClFN6O4Si. The summed E-state index contributed by atoms with van der Waals surface area (Å²) in [5.41, 5.74) is 1.66. The number of hydrogen-bond acceptors (Lipinski definition) is 7. The SMILES string of the molecule is C[C@H]1[C@H]([Si](C)(C)F)[C@@H](CCn2cc(CCO)nn2)O[C@]12C(=O)N(Cc1cccc(NC(=O)[C@H]3CCCN3)c1)c1ccc(Cl)cc12. The maximum absolute atomic E-state index is 16.2. The minimum absolute atomic E-state index is 0.0222. The van der Waals surface area contributed by atoms with E-state index in [4.69, 9.17) is 16.3 Å². The summed E-state index contributed by atoms with van der Waals surface area (Å²) < 4.78 is 24.6. The van der Waals surface area contributed by atoms with Crippen molar-refractivity contribution in [3.8, 4) is 0 Å². The van der Waals surface area contributed by atoms with Crippen LogP contribution in [0.15, 0.2) is 48.7 Å². The molecule has 2 saturated heterocycles. The Morgan fingerprint density at radius 1 is 1.29 bits per heavy atom. The number of anilines is 2. The molecule has 13 heteroatoms. The highest BCUT2D eigenvalue weighted by Gasteiger charge is 2.66. The molecule has 0 bridgehead atoms. The summed E-state index contributed by atoms with van der Waals surface area (Å²) in [7, 11) is -3.34. The number of hydrogen-bond donors (Lipinski definition) is 3. The Kier molecular flexibility index (Phi) is 8.88. The van der Waals surface area contributed by atoms with Crippen LogP contribution in [0, 0.1) is 5.92 Å². The monoisotopic (exact) mass is 654 g/mol. The predicted octanol–water partition coefficient (Wildman–Crippen LogP) is 4.57. The van der Waals surface area contributed by atoms with Crippen molar-refractivity contribution < 1.29 is 23.5 Å². The van der Waals surface area contributed by atoms with Crippen LogP contribution < -0.4 is 15.5 Å². The number of aromatic nitrogens is 3. The molecular weight excluding hydrogens is 615 g/mol. The molecule has 3 aliphatic rings. The molecule has 4 heterocycles. The van der Waals surface area contributed by atoms with Gasteiger partial charge in [0.15, 0.2) is 5.60 Å². The van der Waals surface area contributed by atoms with Gasteiger partial charge in [-0.1, -0.05) is 35.9 Å². The molecule has 10 nitrogen and oxygen atoms in total. The normalized spacial score (nSPS) is 26.2. The summed E-state index contributed by atoms with van der Waals surface area (Å²) in [6, 6.07) is 12.7. The highest BCUT2D eigenvalue weighted by molar-refractivity contribution is 6.72. The van der Waals surface area contributed by atoms with Crippen molar-refractivity contribution in [3.05, 3.63) is 70.5 Å². The number of carbonyl (C=O) groups excluding carboxylic acids is 2. The number of amides is 2. The van der Waals surface area contributed by atoms with Crippen LogP contribution in [-0.2, 0) is 39.4 Å². The van der Waals surface area contributed by atoms with Gasteiger partial charge in [-0.25, -0.2) is 0 Å².